The summed E-state index contributed by atoms with van der Waals surface area (Å²) in [5.41, 5.74) is 5.60. The number of nitrogens with two attached hydrogens (primary N) is 1. The molecule has 3 nitrogen and oxygen atoms in total. The molecule has 0 aliphatic heterocycles. The molecule has 0 aliphatic carbocycles. The normalized spacial score (nSPS) is 13.5. The molecule has 14 heavy (non-hydrogen) atoms. The molecule has 1 aromatic heterocycles. The van der Waals surface area contributed by atoms with E-state index < -0.39 is 0 Å². The molecule has 0 aliphatic rings. The summed E-state index contributed by atoms with van der Waals surface area (Å²) in [5, 5.41) is 0. The van der Waals surface area contributed by atoms with Crippen LogP contribution in [-0.2, 0) is 0 Å². The lowest BCUT2D eigenvalue weighted by atomic mass is 10.1. The third-order valence-electron chi connectivity index (χ3n) is 2.58. The first-order chi connectivity index (χ1) is 6.70. The molecule has 1 atom stereocenters. The molecule has 0 fully saturated rings. The Balaban J connectivity index is 2.86. The predicted molar refractivity (Wildman–Crippen MR) is 59.3 cm³/mol. The summed E-state index contributed by atoms with van der Waals surface area (Å²) in [4.78, 5) is 4.39. The molecular formula is C11H21N3. The highest BCUT2D eigenvalue weighted by molar-refractivity contribution is 4.99. The van der Waals surface area contributed by atoms with Crippen LogP contribution >= 0.6 is 0 Å². The first-order valence-corrected chi connectivity index (χ1v) is 5.43. The van der Waals surface area contributed by atoms with Crippen LogP contribution in [0.25, 0.3) is 0 Å². The molecule has 1 heterocycles. The maximum atomic E-state index is 5.60. The summed E-state index contributed by atoms with van der Waals surface area (Å²) in [7, 11) is 0. The number of rotatable bonds is 5. The monoisotopic (exact) mass is 195 g/mol. The highest BCUT2D eigenvalue weighted by Gasteiger charge is 2.13. The van der Waals surface area contributed by atoms with Crippen molar-refractivity contribution in [3.8, 4) is 0 Å². The zero-order chi connectivity index (χ0) is 10.6. The fraction of sp³-hybridized carbons (Fsp3) is 0.727. The van der Waals surface area contributed by atoms with Crippen molar-refractivity contribution in [1.29, 1.82) is 0 Å². The first-order valence-electron chi connectivity index (χ1n) is 5.43. The Labute approximate surface area is 86.3 Å². The Kier molecular flexibility index (Phi) is 4.14. The van der Waals surface area contributed by atoms with Gasteiger partial charge in [0, 0.05) is 24.4 Å². The SMILES string of the molecule is CCC(CCN)n1ccnc1C(C)C. The third kappa shape index (κ3) is 2.35. The minimum atomic E-state index is 0.483. The summed E-state index contributed by atoms with van der Waals surface area (Å²) in [6.07, 6.45) is 6.10. The molecule has 0 aromatic carbocycles. The molecule has 0 saturated carbocycles. The number of hydrogen-bond acceptors (Lipinski definition) is 2. The molecule has 1 unspecified atom stereocenters. The summed E-state index contributed by atoms with van der Waals surface area (Å²) in [6, 6.07) is 0.514. The van der Waals surface area contributed by atoms with Gasteiger partial charge < -0.3 is 10.3 Å². The Morgan fingerprint density at radius 1 is 1.50 bits per heavy atom. The molecule has 0 amide bonds. The van der Waals surface area contributed by atoms with Crippen molar-refractivity contribution in [2.24, 2.45) is 5.73 Å². The van der Waals surface area contributed by atoms with E-state index in [1.165, 1.54) is 5.82 Å². The van der Waals surface area contributed by atoms with Crippen molar-refractivity contribution in [3.63, 3.8) is 0 Å². The van der Waals surface area contributed by atoms with Gasteiger partial charge in [-0.25, -0.2) is 4.98 Å². The summed E-state index contributed by atoms with van der Waals surface area (Å²) in [5.74, 6) is 1.65. The highest BCUT2D eigenvalue weighted by Crippen LogP contribution is 2.21. The zero-order valence-electron chi connectivity index (χ0n) is 9.40. The van der Waals surface area contributed by atoms with Crippen molar-refractivity contribution in [1.82, 2.24) is 9.55 Å². The second-order valence-corrected chi connectivity index (χ2v) is 3.99. The van der Waals surface area contributed by atoms with E-state index in [4.69, 9.17) is 5.73 Å². The first kappa shape index (κ1) is 11.2. The van der Waals surface area contributed by atoms with Gasteiger partial charge in [0.1, 0.15) is 5.82 Å². The molecule has 1 aromatic rings. The van der Waals surface area contributed by atoms with Crippen LogP contribution in [0.1, 0.15) is 51.4 Å². The van der Waals surface area contributed by atoms with Crippen LogP contribution in [0.15, 0.2) is 12.4 Å². The lowest BCUT2D eigenvalue weighted by molar-refractivity contribution is 0.436. The van der Waals surface area contributed by atoms with Gasteiger partial charge >= 0.3 is 0 Å². The number of imidazole rings is 1. The number of hydrogen-bond donors (Lipinski definition) is 1. The molecular weight excluding hydrogens is 174 g/mol. The van der Waals surface area contributed by atoms with E-state index in [-0.39, 0.29) is 0 Å². The van der Waals surface area contributed by atoms with Crippen LogP contribution in [0, 0.1) is 0 Å². The van der Waals surface area contributed by atoms with Crippen LogP contribution in [-0.4, -0.2) is 16.1 Å². The van der Waals surface area contributed by atoms with Crippen molar-refractivity contribution in [2.45, 2.75) is 45.6 Å². The highest BCUT2D eigenvalue weighted by atomic mass is 15.1. The van der Waals surface area contributed by atoms with E-state index >= 15 is 0 Å². The molecule has 0 bridgehead atoms. The van der Waals surface area contributed by atoms with Crippen molar-refractivity contribution in [2.75, 3.05) is 6.54 Å². The van der Waals surface area contributed by atoms with Gasteiger partial charge in [-0.15, -0.1) is 0 Å². The van der Waals surface area contributed by atoms with Crippen LogP contribution in [0.5, 0.6) is 0 Å². The second kappa shape index (κ2) is 5.15. The van der Waals surface area contributed by atoms with E-state index in [2.05, 4.69) is 36.5 Å². The van der Waals surface area contributed by atoms with E-state index in [0.717, 1.165) is 19.4 Å². The fourth-order valence-electron chi connectivity index (χ4n) is 1.81. The lowest BCUT2D eigenvalue weighted by Crippen LogP contribution is -2.15. The molecule has 2 N–H and O–H groups in total. The molecule has 3 heteroatoms. The van der Waals surface area contributed by atoms with E-state index in [1.54, 1.807) is 0 Å². The molecule has 1 rings (SSSR count). The van der Waals surface area contributed by atoms with Gasteiger partial charge in [0.2, 0.25) is 0 Å². The maximum absolute atomic E-state index is 5.60. The Morgan fingerprint density at radius 3 is 2.71 bits per heavy atom. The van der Waals surface area contributed by atoms with E-state index in [1.807, 2.05) is 6.20 Å². The summed E-state index contributed by atoms with van der Waals surface area (Å²) >= 11 is 0. The zero-order valence-corrected chi connectivity index (χ0v) is 9.40. The minimum Gasteiger partial charge on any atom is -0.332 e. The quantitative estimate of drug-likeness (QED) is 0.783. The standard InChI is InChI=1S/C11H21N3/c1-4-10(5-6-12)14-8-7-13-11(14)9(2)3/h7-10H,4-6,12H2,1-3H3. The Morgan fingerprint density at radius 2 is 2.21 bits per heavy atom. The van der Waals surface area contributed by atoms with Gasteiger partial charge in [-0.1, -0.05) is 20.8 Å². The molecule has 0 spiro atoms. The van der Waals surface area contributed by atoms with E-state index in [0.29, 0.717) is 12.0 Å². The third-order valence-corrected chi connectivity index (χ3v) is 2.58. The van der Waals surface area contributed by atoms with Gasteiger partial charge in [-0.05, 0) is 19.4 Å². The van der Waals surface area contributed by atoms with Crippen LogP contribution in [0.3, 0.4) is 0 Å². The maximum Gasteiger partial charge on any atom is 0.111 e. The topological polar surface area (TPSA) is 43.8 Å². The second-order valence-electron chi connectivity index (χ2n) is 3.99. The molecule has 0 saturated heterocycles. The van der Waals surface area contributed by atoms with Gasteiger partial charge in [-0.3, -0.25) is 0 Å². The van der Waals surface area contributed by atoms with Crippen molar-refractivity contribution >= 4 is 0 Å². The fourth-order valence-corrected chi connectivity index (χ4v) is 1.81. The van der Waals surface area contributed by atoms with Gasteiger partial charge in [-0.2, -0.15) is 0 Å². The van der Waals surface area contributed by atoms with Gasteiger partial charge in [0.05, 0.1) is 0 Å². The minimum absolute atomic E-state index is 0.483. The van der Waals surface area contributed by atoms with Crippen LogP contribution in [0.2, 0.25) is 0 Å². The van der Waals surface area contributed by atoms with Gasteiger partial charge in [0.15, 0.2) is 0 Å². The van der Waals surface area contributed by atoms with Gasteiger partial charge in [0.25, 0.3) is 0 Å². The van der Waals surface area contributed by atoms with Crippen molar-refractivity contribution in [3.05, 3.63) is 18.2 Å². The summed E-state index contributed by atoms with van der Waals surface area (Å²) < 4.78 is 2.28. The number of aromatic nitrogens is 2. The molecule has 80 valence electrons. The summed E-state index contributed by atoms with van der Waals surface area (Å²) in [6.45, 7) is 7.29. The Hall–Kier alpha value is -0.830. The lowest BCUT2D eigenvalue weighted by Gasteiger charge is -2.19. The average Bonchev–Trinajstić information content (AvgIpc) is 2.62. The van der Waals surface area contributed by atoms with Crippen molar-refractivity contribution < 1.29 is 0 Å². The average molecular weight is 195 g/mol. The van der Waals surface area contributed by atoms with Crippen LogP contribution < -0.4 is 5.73 Å². The largest absolute Gasteiger partial charge is 0.332 e. The molecule has 0 radical (unpaired) electrons. The smallest absolute Gasteiger partial charge is 0.111 e. The number of nitrogens with zero attached hydrogens (tertiary/aromatic N) is 2. The predicted octanol–water partition coefficient (Wildman–Crippen LogP) is 2.31. The van der Waals surface area contributed by atoms with E-state index in [9.17, 15) is 0 Å². The Bertz CT molecular complexity index is 265. The van der Waals surface area contributed by atoms with Crippen LogP contribution in [0.4, 0.5) is 0 Å².